The van der Waals surface area contributed by atoms with E-state index in [2.05, 4.69) is 52.5 Å². The first-order valence-corrected chi connectivity index (χ1v) is 11.1. The van der Waals surface area contributed by atoms with E-state index in [1.807, 2.05) is 47.3 Å². The Hall–Kier alpha value is -4.03. The Kier molecular flexibility index (Phi) is 5.05. The molecule has 0 atom stereocenters. The van der Waals surface area contributed by atoms with Crippen molar-refractivity contribution in [3.8, 4) is 28.5 Å². The molecular formula is C27H23N5O. The van der Waals surface area contributed by atoms with Crippen LogP contribution in [0.3, 0.4) is 0 Å². The second-order valence-electron chi connectivity index (χ2n) is 8.25. The minimum absolute atomic E-state index is 0.655. The van der Waals surface area contributed by atoms with Crippen LogP contribution in [0.25, 0.3) is 28.5 Å². The Morgan fingerprint density at radius 2 is 1.73 bits per heavy atom. The van der Waals surface area contributed by atoms with Gasteiger partial charge in [-0.1, -0.05) is 48.5 Å². The highest BCUT2D eigenvalue weighted by Crippen LogP contribution is 2.27. The lowest BCUT2D eigenvalue weighted by molar-refractivity contribution is 0.243. The molecule has 162 valence electrons. The first-order valence-electron chi connectivity index (χ1n) is 11.1. The van der Waals surface area contributed by atoms with Gasteiger partial charge in [-0.3, -0.25) is 4.90 Å². The molecule has 0 saturated heterocycles. The van der Waals surface area contributed by atoms with Crippen molar-refractivity contribution in [2.45, 2.75) is 19.5 Å². The van der Waals surface area contributed by atoms with Crippen LogP contribution in [0.4, 0.5) is 0 Å². The summed E-state index contributed by atoms with van der Waals surface area (Å²) in [6.45, 7) is 2.57. The Morgan fingerprint density at radius 3 is 2.52 bits per heavy atom. The molecule has 6 nitrogen and oxygen atoms in total. The van der Waals surface area contributed by atoms with E-state index in [-0.39, 0.29) is 0 Å². The molecule has 6 heteroatoms. The maximum atomic E-state index is 5.46. The maximum Gasteiger partial charge on any atom is 0.195 e. The van der Waals surface area contributed by atoms with E-state index < -0.39 is 0 Å². The van der Waals surface area contributed by atoms with Crippen LogP contribution < -0.4 is 0 Å². The molecule has 0 fully saturated rings. The number of rotatable bonds is 5. The molecule has 0 radical (unpaired) electrons. The minimum atomic E-state index is 0.655. The van der Waals surface area contributed by atoms with Crippen LogP contribution in [-0.2, 0) is 19.5 Å². The predicted molar refractivity (Wildman–Crippen MR) is 127 cm³/mol. The van der Waals surface area contributed by atoms with Crippen LogP contribution in [0, 0.1) is 0 Å². The number of furan rings is 1. The third-order valence-corrected chi connectivity index (χ3v) is 6.01. The predicted octanol–water partition coefficient (Wildman–Crippen LogP) is 5.15. The zero-order valence-electron chi connectivity index (χ0n) is 18.1. The molecule has 33 heavy (non-hydrogen) atoms. The fourth-order valence-electron chi connectivity index (χ4n) is 4.35. The number of benzene rings is 2. The fraction of sp³-hybridized carbons (Fsp3) is 0.148. The summed E-state index contributed by atoms with van der Waals surface area (Å²) in [5.41, 5.74) is 6.70. The number of hydrogen-bond acceptors (Lipinski definition) is 5. The standard InChI is InChI=1S/C27H23N5O/c1-3-8-20(9-4-1)26-22(19-32(30-26)23-10-5-2-6-11-23)18-31-14-13-24-21(17-31)16-28-27(29-24)25-12-7-15-33-25/h1-12,15-16,19H,13-14,17-18H2. The lowest BCUT2D eigenvalue weighted by Gasteiger charge is -2.27. The number of fused-ring (bicyclic) bond motifs is 1. The van der Waals surface area contributed by atoms with Gasteiger partial charge in [0.2, 0.25) is 0 Å². The molecule has 0 amide bonds. The van der Waals surface area contributed by atoms with Gasteiger partial charge >= 0.3 is 0 Å². The average Bonchev–Trinajstić information content (AvgIpc) is 3.56. The zero-order valence-corrected chi connectivity index (χ0v) is 18.1. The number of aromatic nitrogens is 4. The lowest BCUT2D eigenvalue weighted by Crippen LogP contribution is -2.31. The van der Waals surface area contributed by atoms with E-state index >= 15 is 0 Å². The highest BCUT2D eigenvalue weighted by molar-refractivity contribution is 5.63. The Balaban J connectivity index is 1.28. The molecule has 0 unspecified atom stereocenters. The number of hydrogen-bond donors (Lipinski definition) is 0. The zero-order chi connectivity index (χ0) is 22.0. The highest BCUT2D eigenvalue weighted by atomic mass is 16.3. The minimum Gasteiger partial charge on any atom is -0.461 e. The summed E-state index contributed by atoms with van der Waals surface area (Å²) in [6, 6.07) is 24.4. The first-order chi connectivity index (χ1) is 16.3. The van der Waals surface area contributed by atoms with Crippen LogP contribution in [0.2, 0.25) is 0 Å². The van der Waals surface area contributed by atoms with Crippen LogP contribution in [0.1, 0.15) is 16.8 Å². The monoisotopic (exact) mass is 433 g/mol. The van der Waals surface area contributed by atoms with Gasteiger partial charge in [0.15, 0.2) is 11.6 Å². The van der Waals surface area contributed by atoms with E-state index in [0.717, 1.165) is 48.7 Å². The van der Waals surface area contributed by atoms with Gasteiger partial charge in [0.05, 0.1) is 23.3 Å². The summed E-state index contributed by atoms with van der Waals surface area (Å²) in [6.07, 6.45) is 6.64. The largest absolute Gasteiger partial charge is 0.461 e. The van der Waals surface area contributed by atoms with Gasteiger partial charge in [-0.2, -0.15) is 5.10 Å². The Morgan fingerprint density at radius 1 is 0.909 bits per heavy atom. The number of para-hydroxylation sites is 1. The lowest BCUT2D eigenvalue weighted by atomic mass is 10.0. The normalized spacial score (nSPS) is 13.7. The molecule has 3 aromatic heterocycles. The van der Waals surface area contributed by atoms with Gasteiger partial charge in [-0.15, -0.1) is 0 Å². The topological polar surface area (TPSA) is 60.0 Å². The molecule has 1 aliphatic rings. The smallest absolute Gasteiger partial charge is 0.195 e. The van der Waals surface area contributed by atoms with Crippen molar-refractivity contribution in [2.24, 2.45) is 0 Å². The SMILES string of the molecule is c1ccc(-c2nn(-c3ccccc3)cc2CN2CCc3nc(-c4ccco4)ncc3C2)cc1. The molecule has 0 spiro atoms. The van der Waals surface area contributed by atoms with Gasteiger partial charge in [-0.05, 0) is 24.3 Å². The van der Waals surface area contributed by atoms with Gasteiger partial charge in [0.1, 0.15) is 0 Å². The van der Waals surface area contributed by atoms with Crippen molar-refractivity contribution < 1.29 is 4.42 Å². The average molecular weight is 434 g/mol. The fourth-order valence-corrected chi connectivity index (χ4v) is 4.35. The van der Waals surface area contributed by atoms with Crippen LogP contribution >= 0.6 is 0 Å². The van der Waals surface area contributed by atoms with Crippen molar-refractivity contribution in [1.29, 1.82) is 0 Å². The molecule has 0 saturated carbocycles. The Bertz CT molecular complexity index is 1360. The summed E-state index contributed by atoms with van der Waals surface area (Å²) < 4.78 is 7.44. The van der Waals surface area contributed by atoms with Crippen molar-refractivity contribution in [2.75, 3.05) is 6.54 Å². The molecule has 4 heterocycles. The van der Waals surface area contributed by atoms with Crippen LogP contribution in [-0.4, -0.2) is 31.2 Å². The van der Waals surface area contributed by atoms with E-state index in [4.69, 9.17) is 14.5 Å². The molecule has 0 N–H and O–H groups in total. The van der Waals surface area contributed by atoms with Crippen LogP contribution in [0.15, 0.2) is 95.9 Å². The summed E-state index contributed by atoms with van der Waals surface area (Å²) >= 11 is 0. The van der Waals surface area contributed by atoms with Gasteiger partial charge in [0.25, 0.3) is 0 Å². The molecular weight excluding hydrogens is 410 g/mol. The van der Waals surface area contributed by atoms with E-state index in [9.17, 15) is 0 Å². The van der Waals surface area contributed by atoms with Gasteiger partial charge < -0.3 is 4.42 Å². The van der Waals surface area contributed by atoms with Crippen molar-refractivity contribution in [3.05, 3.63) is 108 Å². The van der Waals surface area contributed by atoms with Gasteiger partial charge in [-0.25, -0.2) is 14.6 Å². The summed E-state index contributed by atoms with van der Waals surface area (Å²) in [5.74, 6) is 1.36. The third-order valence-electron chi connectivity index (χ3n) is 6.01. The Labute approximate surface area is 192 Å². The maximum absolute atomic E-state index is 5.46. The number of nitrogens with zero attached hydrogens (tertiary/aromatic N) is 5. The van der Waals surface area contributed by atoms with Crippen molar-refractivity contribution in [1.82, 2.24) is 24.6 Å². The van der Waals surface area contributed by atoms with Crippen molar-refractivity contribution >= 4 is 0 Å². The van der Waals surface area contributed by atoms with E-state index in [1.54, 1.807) is 6.26 Å². The second-order valence-corrected chi connectivity index (χ2v) is 8.25. The summed E-state index contributed by atoms with van der Waals surface area (Å²) in [5, 5.41) is 4.96. The molecule has 0 aliphatic carbocycles. The molecule has 0 bridgehead atoms. The van der Waals surface area contributed by atoms with Crippen molar-refractivity contribution in [3.63, 3.8) is 0 Å². The highest BCUT2D eigenvalue weighted by Gasteiger charge is 2.22. The van der Waals surface area contributed by atoms with E-state index in [0.29, 0.717) is 11.6 Å². The molecule has 2 aromatic carbocycles. The molecule has 1 aliphatic heterocycles. The second kappa shape index (κ2) is 8.48. The summed E-state index contributed by atoms with van der Waals surface area (Å²) in [4.78, 5) is 11.7. The summed E-state index contributed by atoms with van der Waals surface area (Å²) in [7, 11) is 0. The first kappa shape index (κ1) is 19.6. The quantitative estimate of drug-likeness (QED) is 0.384. The van der Waals surface area contributed by atoms with E-state index in [1.165, 1.54) is 11.1 Å². The third kappa shape index (κ3) is 3.97. The molecule has 6 rings (SSSR count). The molecule has 5 aromatic rings. The van der Waals surface area contributed by atoms with Gasteiger partial charge in [0, 0.05) is 55.1 Å². The van der Waals surface area contributed by atoms with Crippen LogP contribution in [0.5, 0.6) is 0 Å².